The summed E-state index contributed by atoms with van der Waals surface area (Å²) in [4.78, 5) is 16.6. The second-order valence-corrected chi connectivity index (χ2v) is 5.37. The molecular weight excluding hydrogens is 272 g/mol. The van der Waals surface area contributed by atoms with Crippen molar-refractivity contribution in [3.05, 3.63) is 58.7 Å². The van der Waals surface area contributed by atoms with E-state index in [0.29, 0.717) is 10.8 Å². The minimum absolute atomic E-state index is 0.0299. The number of nitrogens with zero attached hydrogens (tertiary/aromatic N) is 1. The summed E-state index contributed by atoms with van der Waals surface area (Å²) in [5.74, 6) is 0.290. The highest BCUT2D eigenvalue weighted by Gasteiger charge is 2.26. The van der Waals surface area contributed by atoms with E-state index in [1.54, 1.807) is 18.3 Å². The molecule has 2 aromatic rings. The van der Waals surface area contributed by atoms with Crippen molar-refractivity contribution in [2.24, 2.45) is 0 Å². The number of anilines is 1. The summed E-state index contributed by atoms with van der Waals surface area (Å²) in [5, 5.41) is 3.30. The Morgan fingerprint density at radius 2 is 2.10 bits per heavy atom. The number of carbonyl (C=O) groups excluding carboxylic acids is 1. The van der Waals surface area contributed by atoms with Crippen LogP contribution in [0.4, 0.5) is 5.82 Å². The quantitative estimate of drug-likeness (QED) is 0.912. The highest BCUT2D eigenvalue weighted by Crippen LogP contribution is 2.32. The number of amides is 1. The van der Waals surface area contributed by atoms with Gasteiger partial charge in [0.15, 0.2) is 5.82 Å². The monoisotopic (exact) mass is 286 g/mol. The number of aryl methyl sites for hydroxylation is 1. The molecule has 4 heteroatoms. The Morgan fingerprint density at radius 1 is 1.25 bits per heavy atom. The molecule has 0 saturated carbocycles. The molecule has 1 aliphatic carbocycles. The molecule has 1 aromatic carbocycles. The van der Waals surface area contributed by atoms with Gasteiger partial charge in [0.2, 0.25) is 5.91 Å². The van der Waals surface area contributed by atoms with Crippen LogP contribution in [0.3, 0.4) is 0 Å². The Bertz CT molecular complexity index is 642. The zero-order valence-corrected chi connectivity index (χ0v) is 11.7. The van der Waals surface area contributed by atoms with E-state index in [2.05, 4.69) is 16.4 Å². The number of nitrogens with one attached hydrogen (secondary N) is 1. The summed E-state index contributed by atoms with van der Waals surface area (Å²) in [5.41, 5.74) is 2.40. The topological polar surface area (TPSA) is 42.0 Å². The van der Waals surface area contributed by atoms with E-state index in [1.165, 1.54) is 5.56 Å². The number of pyridine rings is 1. The molecule has 1 aliphatic rings. The third kappa shape index (κ3) is 2.54. The van der Waals surface area contributed by atoms with Crippen LogP contribution in [0.5, 0.6) is 0 Å². The summed E-state index contributed by atoms with van der Waals surface area (Å²) in [6.07, 6.45) is 4.57. The van der Waals surface area contributed by atoms with Crippen LogP contribution in [-0.4, -0.2) is 10.9 Å². The summed E-state index contributed by atoms with van der Waals surface area (Å²) in [7, 11) is 0. The van der Waals surface area contributed by atoms with Crippen LogP contribution < -0.4 is 5.32 Å². The summed E-state index contributed by atoms with van der Waals surface area (Å²) >= 11 is 6.03. The highest BCUT2D eigenvalue weighted by molar-refractivity contribution is 6.33. The van der Waals surface area contributed by atoms with Gasteiger partial charge >= 0.3 is 0 Å². The lowest BCUT2D eigenvalue weighted by Crippen LogP contribution is -2.25. The van der Waals surface area contributed by atoms with Crippen molar-refractivity contribution < 1.29 is 4.79 Å². The molecule has 3 nitrogen and oxygen atoms in total. The first-order valence-electron chi connectivity index (χ1n) is 6.75. The molecule has 1 N–H and O–H groups in total. The molecule has 0 saturated heterocycles. The van der Waals surface area contributed by atoms with Gasteiger partial charge in [-0.05, 0) is 42.5 Å². The Hall–Kier alpha value is -1.87. The van der Waals surface area contributed by atoms with Crippen molar-refractivity contribution in [1.82, 2.24) is 4.98 Å². The molecule has 1 unspecified atom stereocenters. The highest BCUT2D eigenvalue weighted by atomic mass is 35.5. The number of hydrogen-bond acceptors (Lipinski definition) is 2. The molecule has 1 aromatic heterocycles. The van der Waals surface area contributed by atoms with Crippen LogP contribution in [0, 0.1) is 0 Å². The number of benzene rings is 1. The Kier molecular flexibility index (Phi) is 3.70. The minimum atomic E-state index is -0.113. The molecule has 3 rings (SSSR count). The van der Waals surface area contributed by atoms with Gasteiger partial charge in [-0.15, -0.1) is 0 Å². The molecule has 0 spiro atoms. The number of carbonyl (C=O) groups is 1. The molecule has 20 heavy (non-hydrogen) atoms. The molecule has 0 bridgehead atoms. The smallest absolute Gasteiger partial charge is 0.233 e. The first-order valence-corrected chi connectivity index (χ1v) is 7.12. The molecular formula is C16H15ClN2O. The van der Waals surface area contributed by atoms with Gasteiger partial charge in [0.05, 0.1) is 10.9 Å². The Labute approximate surface area is 123 Å². The maximum atomic E-state index is 12.5. The fourth-order valence-corrected chi connectivity index (χ4v) is 2.88. The lowest BCUT2D eigenvalue weighted by molar-refractivity contribution is -0.117. The standard InChI is InChI=1S/C16H15ClN2O/c17-14-9-4-10-18-15(14)19-16(20)13-8-3-6-11-5-1-2-7-12(11)13/h1-2,4-5,7,9-10,13H,3,6,8H2,(H,18,19,20). The van der Waals surface area contributed by atoms with Gasteiger partial charge in [0.1, 0.15) is 0 Å². The molecule has 102 valence electrons. The normalized spacial score (nSPS) is 17.4. The molecule has 0 fully saturated rings. The van der Waals surface area contributed by atoms with Gasteiger partial charge in [0.25, 0.3) is 0 Å². The third-order valence-corrected chi connectivity index (χ3v) is 3.99. The van der Waals surface area contributed by atoms with Gasteiger partial charge in [-0.25, -0.2) is 4.98 Å². The van der Waals surface area contributed by atoms with Crippen LogP contribution in [0.25, 0.3) is 0 Å². The maximum Gasteiger partial charge on any atom is 0.233 e. The van der Waals surface area contributed by atoms with E-state index in [0.717, 1.165) is 24.8 Å². The average Bonchev–Trinajstić information content (AvgIpc) is 2.49. The summed E-state index contributed by atoms with van der Waals surface area (Å²) in [6, 6.07) is 11.6. The van der Waals surface area contributed by atoms with Crippen molar-refractivity contribution in [3.63, 3.8) is 0 Å². The van der Waals surface area contributed by atoms with E-state index >= 15 is 0 Å². The van der Waals surface area contributed by atoms with Crippen LogP contribution in [0.1, 0.15) is 29.9 Å². The van der Waals surface area contributed by atoms with E-state index in [-0.39, 0.29) is 11.8 Å². The van der Waals surface area contributed by atoms with Crippen LogP contribution in [-0.2, 0) is 11.2 Å². The van der Waals surface area contributed by atoms with Crippen molar-refractivity contribution in [1.29, 1.82) is 0 Å². The Morgan fingerprint density at radius 3 is 2.95 bits per heavy atom. The van der Waals surface area contributed by atoms with Gasteiger partial charge in [-0.3, -0.25) is 4.79 Å². The molecule has 1 atom stereocenters. The largest absolute Gasteiger partial charge is 0.309 e. The average molecular weight is 287 g/mol. The fraction of sp³-hybridized carbons (Fsp3) is 0.250. The van der Waals surface area contributed by atoms with Gasteiger partial charge in [-0.1, -0.05) is 35.9 Å². The number of fused-ring (bicyclic) bond motifs is 1. The van der Waals surface area contributed by atoms with Gasteiger partial charge < -0.3 is 5.32 Å². The summed E-state index contributed by atoms with van der Waals surface area (Å²) < 4.78 is 0. The first kappa shape index (κ1) is 13.1. The van der Waals surface area contributed by atoms with Gasteiger partial charge in [-0.2, -0.15) is 0 Å². The van der Waals surface area contributed by atoms with E-state index in [4.69, 9.17) is 11.6 Å². The number of halogens is 1. The van der Waals surface area contributed by atoms with E-state index in [9.17, 15) is 4.79 Å². The SMILES string of the molecule is O=C(Nc1ncccc1Cl)C1CCCc2ccccc21. The number of rotatable bonds is 2. The Balaban J connectivity index is 1.84. The second-order valence-electron chi connectivity index (χ2n) is 4.97. The lowest BCUT2D eigenvalue weighted by Gasteiger charge is -2.24. The number of aromatic nitrogens is 1. The molecule has 1 heterocycles. The second kappa shape index (κ2) is 5.63. The minimum Gasteiger partial charge on any atom is -0.309 e. The van der Waals surface area contributed by atoms with Gasteiger partial charge in [0, 0.05) is 6.20 Å². The third-order valence-electron chi connectivity index (χ3n) is 3.69. The fourth-order valence-electron chi connectivity index (χ4n) is 2.71. The van der Waals surface area contributed by atoms with Crippen molar-refractivity contribution in [3.8, 4) is 0 Å². The zero-order valence-electron chi connectivity index (χ0n) is 11.0. The molecule has 0 radical (unpaired) electrons. The van der Waals surface area contributed by atoms with Crippen LogP contribution in [0.15, 0.2) is 42.6 Å². The summed E-state index contributed by atoms with van der Waals surface area (Å²) in [6.45, 7) is 0. The lowest BCUT2D eigenvalue weighted by atomic mass is 9.82. The van der Waals surface area contributed by atoms with Crippen LogP contribution in [0.2, 0.25) is 5.02 Å². The predicted octanol–water partition coefficient (Wildman–Crippen LogP) is 3.79. The molecule has 1 amide bonds. The van der Waals surface area contributed by atoms with Crippen molar-refractivity contribution >= 4 is 23.3 Å². The van der Waals surface area contributed by atoms with Crippen molar-refractivity contribution in [2.45, 2.75) is 25.2 Å². The predicted molar refractivity (Wildman–Crippen MR) is 80.0 cm³/mol. The first-order chi connectivity index (χ1) is 9.75. The number of hydrogen-bond donors (Lipinski definition) is 1. The van der Waals surface area contributed by atoms with Crippen molar-refractivity contribution in [2.75, 3.05) is 5.32 Å². The maximum absolute atomic E-state index is 12.5. The zero-order chi connectivity index (χ0) is 13.9. The molecule has 0 aliphatic heterocycles. The van der Waals surface area contributed by atoms with E-state index < -0.39 is 0 Å². The van der Waals surface area contributed by atoms with E-state index in [1.807, 2.05) is 18.2 Å². The van der Waals surface area contributed by atoms with Crippen LogP contribution >= 0.6 is 11.6 Å².